The van der Waals surface area contributed by atoms with Crippen LogP contribution in [-0.2, 0) is 57.2 Å². The zero-order chi connectivity index (χ0) is 78.3. The molecule has 0 aliphatic carbocycles. The van der Waals surface area contributed by atoms with Crippen LogP contribution in [0.1, 0.15) is 490 Å². The minimum atomic E-state index is -0.830. The lowest BCUT2D eigenvalue weighted by Crippen LogP contribution is -2.30. The summed E-state index contributed by atoms with van der Waals surface area (Å²) < 4.78 is 34.0. The van der Waals surface area contributed by atoms with E-state index in [4.69, 9.17) is 28.4 Å². The normalized spacial score (nSPS) is 12.0. The average Bonchev–Trinajstić information content (AvgIpc) is 0.954. The maximum Gasteiger partial charge on any atom is 0.306 e. The molecule has 0 rings (SSSR count). The number of rotatable bonds is 87. The molecule has 0 aromatic heterocycles. The van der Waals surface area contributed by atoms with Crippen molar-refractivity contribution in [2.24, 2.45) is 0 Å². The van der Waals surface area contributed by atoms with E-state index in [0.29, 0.717) is 38.5 Å². The number of allylic oxidation sites excluding steroid dienone is 8. The van der Waals surface area contributed by atoms with Crippen LogP contribution in [0.15, 0.2) is 48.6 Å². The Kier molecular flexibility index (Phi) is 84.9. The van der Waals surface area contributed by atoms with Gasteiger partial charge in [-0.1, -0.05) is 359 Å². The summed E-state index contributed by atoms with van der Waals surface area (Å²) >= 11 is 0. The van der Waals surface area contributed by atoms with Gasteiger partial charge in [0.2, 0.25) is 0 Å². The minimum Gasteiger partial charge on any atom is -0.462 e. The third-order valence-corrected chi connectivity index (χ3v) is 20.9. The Morgan fingerprint density at radius 1 is 0.176 bits per heavy atom. The number of carbonyl (C=O) groups excluding carboxylic acids is 6. The molecule has 0 aliphatic heterocycles. The molecule has 0 aromatic rings. The van der Waals surface area contributed by atoms with E-state index in [1.54, 1.807) is 0 Å². The summed E-state index contributed by atoms with van der Waals surface area (Å²) in [7, 11) is 0. The summed E-state index contributed by atoms with van der Waals surface area (Å²) in [6.07, 6.45) is 95.7. The van der Waals surface area contributed by atoms with Crippen molar-refractivity contribution in [1.82, 2.24) is 0 Å². The molecule has 0 heterocycles. The first kappa shape index (κ1) is 104. The number of hydrogen-bond donors (Lipinski definition) is 0. The third kappa shape index (κ3) is 84.2. The van der Waals surface area contributed by atoms with Crippen LogP contribution in [-0.4, -0.2) is 74.5 Å². The van der Waals surface area contributed by atoms with Crippen LogP contribution in [0, 0.1) is 0 Å². The van der Waals surface area contributed by atoms with Crippen LogP contribution in [0.2, 0.25) is 0 Å². The molecular weight excluding hydrogens is 1350 g/mol. The number of unbranched alkanes of at least 4 members (excludes halogenated alkanes) is 57. The molecule has 0 aromatic carbocycles. The predicted molar refractivity (Wildman–Crippen MR) is 455 cm³/mol. The van der Waals surface area contributed by atoms with Crippen molar-refractivity contribution in [1.29, 1.82) is 0 Å². The van der Waals surface area contributed by atoms with Gasteiger partial charge in [-0.3, -0.25) is 28.8 Å². The van der Waals surface area contributed by atoms with Gasteiger partial charge in [-0.05, 0) is 141 Å². The highest BCUT2D eigenvalue weighted by molar-refractivity contribution is 5.72. The Bertz CT molecular complexity index is 2020. The number of carbonyl (C=O) groups is 6. The van der Waals surface area contributed by atoms with Crippen LogP contribution in [0.4, 0.5) is 0 Å². The SMILES string of the molecule is CCCCCCCC/C=C\CCCCCCCC(=O)OCC(COC(=O)CCCCCCC/C=C\CCCCCCCC)OC(=O)CCCCCCC/C=C/CCCCCCCC(=O)OC(COC(=O)CCCCCCC/C=C\CCCCCCCC)COC(=O)CCCCCCCCCCCCCCCCC. The second-order valence-electron chi connectivity index (χ2n) is 31.7. The van der Waals surface area contributed by atoms with Gasteiger partial charge in [-0.2, -0.15) is 0 Å². The molecule has 0 saturated heterocycles. The molecule has 0 aliphatic rings. The molecular formula is C96H174O12. The lowest BCUT2D eigenvalue weighted by Gasteiger charge is -2.18. The molecule has 0 saturated carbocycles. The van der Waals surface area contributed by atoms with E-state index in [2.05, 4.69) is 76.3 Å². The van der Waals surface area contributed by atoms with Crippen molar-refractivity contribution >= 4 is 35.8 Å². The highest BCUT2D eigenvalue weighted by Crippen LogP contribution is 2.20. The second-order valence-corrected chi connectivity index (χ2v) is 31.7. The first-order chi connectivity index (χ1) is 53.1. The largest absolute Gasteiger partial charge is 0.462 e. The van der Waals surface area contributed by atoms with Crippen molar-refractivity contribution in [2.45, 2.75) is 502 Å². The maximum atomic E-state index is 13.1. The number of hydrogen-bond acceptors (Lipinski definition) is 12. The van der Waals surface area contributed by atoms with Crippen molar-refractivity contribution in [3.63, 3.8) is 0 Å². The lowest BCUT2D eigenvalue weighted by molar-refractivity contribution is -0.167. The average molecular weight is 1520 g/mol. The lowest BCUT2D eigenvalue weighted by atomic mass is 10.0. The molecule has 0 spiro atoms. The predicted octanol–water partition coefficient (Wildman–Crippen LogP) is 29.4. The smallest absolute Gasteiger partial charge is 0.306 e. The zero-order valence-electron chi connectivity index (χ0n) is 71.4. The van der Waals surface area contributed by atoms with Gasteiger partial charge in [-0.25, -0.2) is 0 Å². The Labute approximate surface area is 666 Å². The molecule has 0 radical (unpaired) electrons. The van der Waals surface area contributed by atoms with Gasteiger partial charge in [-0.15, -0.1) is 0 Å². The van der Waals surface area contributed by atoms with Gasteiger partial charge in [0.25, 0.3) is 0 Å². The number of esters is 6. The van der Waals surface area contributed by atoms with Gasteiger partial charge in [0, 0.05) is 38.5 Å². The summed E-state index contributed by atoms with van der Waals surface area (Å²) in [5.74, 6) is -1.95. The van der Waals surface area contributed by atoms with Crippen LogP contribution in [0.3, 0.4) is 0 Å². The van der Waals surface area contributed by atoms with E-state index >= 15 is 0 Å². The fourth-order valence-corrected chi connectivity index (χ4v) is 13.8. The summed E-state index contributed by atoms with van der Waals surface area (Å²) in [6, 6.07) is 0. The molecule has 0 N–H and O–H groups in total. The molecule has 0 bridgehead atoms. The quantitative estimate of drug-likeness (QED) is 0.0246. The van der Waals surface area contributed by atoms with Gasteiger partial charge >= 0.3 is 35.8 Å². The van der Waals surface area contributed by atoms with Crippen LogP contribution < -0.4 is 0 Å². The molecule has 0 amide bonds. The summed E-state index contributed by atoms with van der Waals surface area (Å²) in [5.41, 5.74) is 0. The van der Waals surface area contributed by atoms with Gasteiger partial charge in [0.15, 0.2) is 12.2 Å². The Balaban J connectivity index is 4.74. The van der Waals surface area contributed by atoms with Crippen LogP contribution in [0.5, 0.6) is 0 Å². The zero-order valence-corrected chi connectivity index (χ0v) is 71.4. The van der Waals surface area contributed by atoms with Crippen LogP contribution in [0.25, 0.3) is 0 Å². The monoisotopic (exact) mass is 1520 g/mol. The third-order valence-electron chi connectivity index (χ3n) is 20.9. The Morgan fingerprint density at radius 3 is 0.463 bits per heavy atom. The fourth-order valence-electron chi connectivity index (χ4n) is 13.8. The molecule has 0 fully saturated rings. The molecule has 630 valence electrons. The van der Waals surface area contributed by atoms with Crippen molar-refractivity contribution < 1.29 is 57.2 Å². The van der Waals surface area contributed by atoms with E-state index in [-0.39, 0.29) is 75.1 Å². The molecule has 108 heavy (non-hydrogen) atoms. The van der Waals surface area contributed by atoms with Gasteiger partial charge in [0.05, 0.1) is 0 Å². The van der Waals surface area contributed by atoms with Crippen molar-refractivity contribution in [2.75, 3.05) is 26.4 Å². The Hall–Kier alpha value is -4.22. The van der Waals surface area contributed by atoms with E-state index in [1.165, 1.54) is 231 Å². The minimum absolute atomic E-state index is 0.112. The first-order valence-corrected chi connectivity index (χ1v) is 46.8. The summed E-state index contributed by atoms with van der Waals surface area (Å²) in [6.45, 7) is 8.59. The van der Waals surface area contributed by atoms with Crippen molar-refractivity contribution in [3.8, 4) is 0 Å². The fraction of sp³-hybridized carbons (Fsp3) is 0.854. The molecule has 12 nitrogen and oxygen atoms in total. The van der Waals surface area contributed by atoms with E-state index in [1.807, 2.05) is 0 Å². The highest BCUT2D eigenvalue weighted by atomic mass is 16.6. The highest BCUT2D eigenvalue weighted by Gasteiger charge is 2.22. The standard InChI is InChI=1S/C96H174O12/c1-5-9-13-17-21-25-29-33-37-43-49-55-61-67-73-79-91(97)103-85-89(86-104-92(98)80-74-68-62-56-50-44-38-34-30-26-22-18-14-10-6-2)107-95(101)83-77-71-65-59-53-47-41-42-48-54-60-66-72-78-84-96(102)108-90(87-105-93(99)81-75-69-63-57-51-45-39-35-31-27-23-19-15-11-7-3)88-106-94(100)82-76-70-64-58-52-46-40-36-32-28-24-20-16-12-8-4/h33-35,37-39,41-42,89-90H,5-32,36,40,43-88H2,1-4H3/b37-33-,38-34-,39-35-,42-41+. The number of ether oxygens (including phenoxy) is 6. The molecule has 1 atom stereocenters. The van der Waals surface area contributed by atoms with Gasteiger partial charge < -0.3 is 28.4 Å². The van der Waals surface area contributed by atoms with Crippen LogP contribution >= 0.6 is 0 Å². The first-order valence-electron chi connectivity index (χ1n) is 46.8. The molecule has 12 heteroatoms. The van der Waals surface area contributed by atoms with Crippen molar-refractivity contribution in [3.05, 3.63) is 48.6 Å². The summed E-state index contributed by atoms with van der Waals surface area (Å²) in [5, 5.41) is 0. The van der Waals surface area contributed by atoms with E-state index < -0.39 is 12.2 Å². The topological polar surface area (TPSA) is 158 Å². The Morgan fingerprint density at radius 2 is 0.306 bits per heavy atom. The van der Waals surface area contributed by atoms with Gasteiger partial charge in [0.1, 0.15) is 26.4 Å². The summed E-state index contributed by atoms with van der Waals surface area (Å²) in [4.78, 5) is 77.4. The maximum absolute atomic E-state index is 13.1. The molecule has 1 unspecified atom stereocenters. The van der Waals surface area contributed by atoms with E-state index in [9.17, 15) is 28.8 Å². The second kappa shape index (κ2) is 88.3. The van der Waals surface area contributed by atoms with E-state index in [0.717, 1.165) is 180 Å².